The van der Waals surface area contributed by atoms with E-state index in [0.717, 1.165) is 38.7 Å². The summed E-state index contributed by atoms with van der Waals surface area (Å²) in [5.74, 6) is 2.39. The third-order valence-corrected chi connectivity index (χ3v) is 4.93. The molecule has 2 atom stereocenters. The van der Waals surface area contributed by atoms with Crippen LogP contribution in [0.25, 0.3) is 0 Å². The van der Waals surface area contributed by atoms with E-state index in [1.54, 1.807) is 7.11 Å². The third kappa shape index (κ3) is 8.41. The highest BCUT2D eigenvalue weighted by atomic mass is 127. The maximum atomic E-state index is 5.70. The number of methoxy groups -OCH3 is 1. The molecule has 0 bridgehead atoms. The number of ether oxygens (including phenoxy) is 2. The molecule has 6 nitrogen and oxygen atoms in total. The Balaban J connectivity index is 0.00000312. The summed E-state index contributed by atoms with van der Waals surface area (Å²) < 4.78 is 10.7. The van der Waals surface area contributed by atoms with E-state index in [9.17, 15) is 0 Å². The monoisotopic (exact) mass is 468 g/mol. The Kier molecular flexibility index (Phi) is 12.0. The standard InChI is InChI=1S/C18H36N4O2.HI/c1-4-19-18(20-12-16-6-5-8-21(2)13-16)22-9-7-17(14-22)15-24-11-10-23-3;/h16-17H,4-15H2,1-3H3,(H,19,20);1H. The first kappa shape index (κ1) is 22.9. The zero-order chi connectivity index (χ0) is 17.2. The summed E-state index contributed by atoms with van der Waals surface area (Å²) in [6.45, 7) is 10.7. The summed E-state index contributed by atoms with van der Waals surface area (Å²) in [5, 5.41) is 3.47. The lowest BCUT2D eigenvalue weighted by molar-refractivity contribution is 0.0536. The van der Waals surface area contributed by atoms with E-state index in [-0.39, 0.29) is 24.0 Å². The first-order chi connectivity index (χ1) is 11.7. The molecule has 0 spiro atoms. The van der Waals surface area contributed by atoms with Crippen LogP contribution in [0.3, 0.4) is 0 Å². The van der Waals surface area contributed by atoms with E-state index in [1.807, 2.05) is 0 Å². The second kappa shape index (κ2) is 13.1. The average molecular weight is 468 g/mol. The van der Waals surface area contributed by atoms with Gasteiger partial charge in [-0.1, -0.05) is 0 Å². The number of likely N-dealkylation sites (tertiary alicyclic amines) is 2. The Hall–Kier alpha value is -0.120. The Bertz CT molecular complexity index is 384. The molecule has 0 aromatic carbocycles. The molecule has 2 rings (SSSR count). The molecule has 2 aliphatic rings. The average Bonchev–Trinajstić information content (AvgIpc) is 3.04. The number of rotatable bonds is 8. The van der Waals surface area contributed by atoms with Crippen molar-refractivity contribution in [3.05, 3.63) is 0 Å². The number of nitrogens with zero attached hydrogens (tertiary/aromatic N) is 3. The van der Waals surface area contributed by atoms with Crippen LogP contribution in [0.2, 0.25) is 0 Å². The van der Waals surface area contributed by atoms with Crippen molar-refractivity contribution in [2.24, 2.45) is 16.8 Å². The maximum absolute atomic E-state index is 5.70. The van der Waals surface area contributed by atoms with Gasteiger partial charge in [0, 0.05) is 45.8 Å². The van der Waals surface area contributed by atoms with Crippen molar-refractivity contribution in [2.75, 3.05) is 73.2 Å². The lowest BCUT2D eigenvalue weighted by Crippen LogP contribution is -2.41. The number of nitrogens with one attached hydrogen (secondary N) is 1. The van der Waals surface area contributed by atoms with Gasteiger partial charge in [-0.05, 0) is 45.7 Å². The molecule has 0 radical (unpaired) electrons. The summed E-state index contributed by atoms with van der Waals surface area (Å²) >= 11 is 0. The van der Waals surface area contributed by atoms with Crippen molar-refractivity contribution < 1.29 is 9.47 Å². The van der Waals surface area contributed by atoms with Gasteiger partial charge >= 0.3 is 0 Å². The van der Waals surface area contributed by atoms with Crippen molar-refractivity contribution in [3.63, 3.8) is 0 Å². The summed E-state index contributed by atoms with van der Waals surface area (Å²) in [6, 6.07) is 0. The predicted molar refractivity (Wildman–Crippen MR) is 114 cm³/mol. The number of guanidine groups is 1. The highest BCUT2D eigenvalue weighted by Crippen LogP contribution is 2.18. The molecule has 0 aromatic heterocycles. The van der Waals surface area contributed by atoms with Crippen molar-refractivity contribution in [3.8, 4) is 0 Å². The smallest absolute Gasteiger partial charge is 0.193 e. The lowest BCUT2D eigenvalue weighted by atomic mass is 9.99. The van der Waals surface area contributed by atoms with Crippen LogP contribution in [-0.2, 0) is 9.47 Å². The number of piperidine rings is 1. The van der Waals surface area contributed by atoms with Crippen LogP contribution in [0.5, 0.6) is 0 Å². The van der Waals surface area contributed by atoms with Gasteiger partial charge < -0.3 is 24.6 Å². The molecule has 7 heteroatoms. The molecule has 2 saturated heterocycles. The summed E-state index contributed by atoms with van der Waals surface area (Å²) in [4.78, 5) is 9.78. The van der Waals surface area contributed by atoms with Crippen LogP contribution in [0.4, 0.5) is 0 Å². The molecular weight excluding hydrogens is 431 g/mol. The minimum atomic E-state index is 0. The Labute approximate surface area is 170 Å². The zero-order valence-corrected chi connectivity index (χ0v) is 18.5. The summed E-state index contributed by atoms with van der Waals surface area (Å²) in [7, 11) is 3.93. The van der Waals surface area contributed by atoms with E-state index in [4.69, 9.17) is 14.5 Å². The Morgan fingerprint density at radius 2 is 2.00 bits per heavy atom. The van der Waals surface area contributed by atoms with Crippen molar-refractivity contribution >= 4 is 29.9 Å². The number of hydrogen-bond donors (Lipinski definition) is 1. The maximum Gasteiger partial charge on any atom is 0.193 e. The van der Waals surface area contributed by atoms with Crippen molar-refractivity contribution in [1.82, 2.24) is 15.1 Å². The van der Waals surface area contributed by atoms with Gasteiger partial charge in [0.2, 0.25) is 0 Å². The fraction of sp³-hybridized carbons (Fsp3) is 0.944. The van der Waals surface area contributed by atoms with Gasteiger partial charge in [-0.15, -0.1) is 24.0 Å². The van der Waals surface area contributed by atoms with Crippen LogP contribution in [0.15, 0.2) is 4.99 Å². The van der Waals surface area contributed by atoms with Gasteiger partial charge in [-0.2, -0.15) is 0 Å². The number of aliphatic imine (C=N–C) groups is 1. The summed E-state index contributed by atoms with van der Waals surface area (Å²) in [5.41, 5.74) is 0. The molecule has 2 aliphatic heterocycles. The van der Waals surface area contributed by atoms with E-state index >= 15 is 0 Å². The van der Waals surface area contributed by atoms with E-state index < -0.39 is 0 Å². The van der Waals surface area contributed by atoms with Gasteiger partial charge in [-0.25, -0.2) is 0 Å². The van der Waals surface area contributed by atoms with E-state index in [1.165, 1.54) is 32.4 Å². The van der Waals surface area contributed by atoms with Crippen LogP contribution in [0, 0.1) is 11.8 Å². The number of hydrogen-bond acceptors (Lipinski definition) is 4. The predicted octanol–water partition coefficient (Wildman–Crippen LogP) is 1.90. The topological polar surface area (TPSA) is 49.3 Å². The van der Waals surface area contributed by atoms with Crippen molar-refractivity contribution in [1.29, 1.82) is 0 Å². The first-order valence-corrected chi connectivity index (χ1v) is 9.51. The highest BCUT2D eigenvalue weighted by Gasteiger charge is 2.25. The fourth-order valence-electron chi connectivity index (χ4n) is 3.62. The van der Waals surface area contributed by atoms with Crippen LogP contribution < -0.4 is 5.32 Å². The zero-order valence-electron chi connectivity index (χ0n) is 16.2. The van der Waals surface area contributed by atoms with Crippen molar-refractivity contribution in [2.45, 2.75) is 26.2 Å². The largest absolute Gasteiger partial charge is 0.382 e. The molecule has 25 heavy (non-hydrogen) atoms. The van der Waals surface area contributed by atoms with Crippen LogP contribution in [-0.4, -0.2) is 89.0 Å². The molecule has 0 aliphatic carbocycles. The SMILES string of the molecule is CCNC(=NCC1CCCN(C)C1)N1CCC(COCCOC)C1.I. The molecule has 0 aromatic rings. The fourth-order valence-corrected chi connectivity index (χ4v) is 3.62. The lowest BCUT2D eigenvalue weighted by Gasteiger charge is -2.29. The minimum absolute atomic E-state index is 0. The molecular formula is C18H37IN4O2. The Morgan fingerprint density at radius 1 is 1.16 bits per heavy atom. The molecule has 2 fully saturated rings. The number of halogens is 1. The van der Waals surface area contributed by atoms with Gasteiger partial charge in [0.25, 0.3) is 0 Å². The van der Waals surface area contributed by atoms with Gasteiger partial charge in [0.15, 0.2) is 5.96 Å². The minimum Gasteiger partial charge on any atom is -0.382 e. The molecule has 0 saturated carbocycles. The second-order valence-corrected chi connectivity index (χ2v) is 7.13. The van der Waals surface area contributed by atoms with Gasteiger partial charge in [0.1, 0.15) is 0 Å². The van der Waals surface area contributed by atoms with Crippen LogP contribution in [0.1, 0.15) is 26.2 Å². The quantitative estimate of drug-likeness (QED) is 0.255. The molecule has 0 amide bonds. The molecule has 1 N–H and O–H groups in total. The van der Waals surface area contributed by atoms with E-state index in [0.29, 0.717) is 25.0 Å². The summed E-state index contributed by atoms with van der Waals surface area (Å²) in [6.07, 6.45) is 3.80. The van der Waals surface area contributed by atoms with Gasteiger partial charge in [0.05, 0.1) is 19.8 Å². The van der Waals surface area contributed by atoms with E-state index in [2.05, 4.69) is 29.1 Å². The molecule has 2 unspecified atom stereocenters. The second-order valence-electron chi connectivity index (χ2n) is 7.13. The Morgan fingerprint density at radius 3 is 2.72 bits per heavy atom. The normalized spacial score (nSPS) is 25.1. The molecule has 2 heterocycles. The molecule has 148 valence electrons. The van der Waals surface area contributed by atoms with Crippen LogP contribution >= 0.6 is 24.0 Å². The van der Waals surface area contributed by atoms with Gasteiger partial charge in [-0.3, -0.25) is 4.99 Å². The first-order valence-electron chi connectivity index (χ1n) is 9.51. The third-order valence-electron chi connectivity index (χ3n) is 4.93. The highest BCUT2D eigenvalue weighted by molar-refractivity contribution is 14.0.